The second kappa shape index (κ2) is 3.99. The number of anilines is 1. The van der Waals surface area contributed by atoms with Crippen molar-refractivity contribution >= 4 is 23.2 Å². The molecule has 64 valence electrons. The van der Waals surface area contributed by atoms with Crippen LogP contribution in [-0.2, 0) is 15.9 Å². The first-order valence-corrected chi connectivity index (χ1v) is 4.21. The molecule has 0 aliphatic carbocycles. The zero-order valence-electron chi connectivity index (χ0n) is 6.02. The quantitative estimate of drug-likeness (QED) is 0.549. The fourth-order valence-electron chi connectivity index (χ4n) is 0.795. The van der Waals surface area contributed by atoms with Crippen LogP contribution in [0.5, 0.6) is 0 Å². The molecule has 0 heterocycles. The molecule has 1 rings (SSSR count). The molecule has 1 amide bonds. The van der Waals surface area contributed by atoms with Crippen molar-refractivity contribution in [2.45, 2.75) is 4.90 Å². The first kappa shape index (κ1) is 8.89. The number of nitrogens with one attached hydrogen (secondary N) is 1. The SMILES string of the molecule is O=CNc1ccccc1S(=O)[O-]. The number of amides is 1. The zero-order chi connectivity index (χ0) is 8.97. The van der Waals surface area contributed by atoms with E-state index < -0.39 is 11.1 Å². The van der Waals surface area contributed by atoms with Crippen molar-refractivity contribution in [1.82, 2.24) is 0 Å². The van der Waals surface area contributed by atoms with Crippen molar-refractivity contribution in [3.05, 3.63) is 24.3 Å². The summed E-state index contributed by atoms with van der Waals surface area (Å²) in [5.41, 5.74) is 0.292. The molecule has 0 aliphatic rings. The summed E-state index contributed by atoms with van der Waals surface area (Å²) < 4.78 is 21.1. The lowest BCUT2D eigenvalue weighted by Crippen LogP contribution is -1.99. The fraction of sp³-hybridized carbons (Fsp3) is 0. The van der Waals surface area contributed by atoms with Crippen molar-refractivity contribution in [2.75, 3.05) is 5.32 Å². The highest BCUT2D eigenvalue weighted by molar-refractivity contribution is 7.79. The minimum absolute atomic E-state index is 0.0876. The van der Waals surface area contributed by atoms with Crippen molar-refractivity contribution < 1.29 is 13.6 Å². The molecule has 5 heteroatoms. The average Bonchev–Trinajstić information content (AvgIpc) is 2.05. The maximum absolute atomic E-state index is 10.5. The van der Waals surface area contributed by atoms with Crippen LogP contribution in [0.1, 0.15) is 0 Å². The third kappa shape index (κ3) is 1.90. The van der Waals surface area contributed by atoms with Crippen LogP contribution in [0.15, 0.2) is 29.2 Å². The summed E-state index contributed by atoms with van der Waals surface area (Å²) in [6.45, 7) is 0. The summed E-state index contributed by atoms with van der Waals surface area (Å²) >= 11 is -2.31. The number of rotatable bonds is 3. The van der Waals surface area contributed by atoms with Crippen LogP contribution in [0.3, 0.4) is 0 Å². The standard InChI is InChI=1S/C7H7NO3S/c9-5-8-6-3-1-2-4-7(6)12(10)11/h1-5H,(H,8,9)(H,10,11)/p-1. The number of hydrogen-bond donors (Lipinski definition) is 1. The van der Waals surface area contributed by atoms with Gasteiger partial charge < -0.3 is 9.87 Å². The molecule has 1 aromatic rings. The maximum atomic E-state index is 10.5. The first-order chi connectivity index (χ1) is 5.75. The molecule has 0 aromatic heterocycles. The Kier molecular flexibility index (Phi) is 2.95. The molecule has 1 atom stereocenters. The normalized spacial score (nSPS) is 12.1. The van der Waals surface area contributed by atoms with Crippen LogP contribution in [0.4, 0.5) is 5.69 Å². The van der Waals surface area contributed by atoms with Gasteiger partial charge in [-0.05, 0) is 23.2 Å². The predicted molar refractivity (Wildman–Crippen MR) is 43.3 cm³/mol. The molecule has 0 fully saturated rings. The van der Waals surface area contributed by atoms with E-state index >= 15 is 0 Å². The largest absolute Gasteiger partial charge is 0.768 e. The average molecular weight is 184 g/mol. The number of benzene rings is 1. The van der Waals surface area contributed by atoms with E-state index in [9.17, 15) is 13.6 Å². The summed E-state index contributed by atoms with van der Waals surface area (Å²) in [4.78, 5) is 10.1. The Balaban J connectivity index is 3.07. The van der Waals surface area contributed by atoms with Gasteiger partial charge in [0, 0.05) is 4.90 Å². The topological polar surface area (TPSA) is 69.2 Å². The number of hydrogen-bond acceptors (Lipinski definition) is 3. The van der Waals surface area contributed by atoms with Gasteiger partial charge in [-0.15, -0.1) is 0 Å². The Morgan fingerprint density at radius 2 is 2.08 bits per heavy atom. The smallest absolute Gasteiger partial charge is 0.211 e. The van der Waals surface area contributed by atoms with Crippen LogP contribution in [0, 0.1) is 0 Å². The minimum atomic E-state index is -2.31. The Morgan fingerprint density at radius 3 is 2.67 bits per heavy atom. The van der Waals surface area contributed by atoms with Gasteiger partial charge in [0.1, 0.15) is 0 Å². The monoisotopic (exact) mass is 184 g/mol. The molecule has 0 bridgehead atoms. The highest BCUT2D eigenvalue weighted by Gasteiger charge is 1.98. The van der Waals surface area contributed by atoms with Crippen LogP contribution in [-0.4, -0.2) is 15.2 Å². The van der Waals surface area contributed by atoms with Gasteiger partial charge in [-0.3, -0.25) is 9.00 Å². The van der Waals surface area contributed by atoms with Crippen molar-refractivity contribution in [3.8, 4) is 0 Å². The molecule has 0 aliphatic heterocycles. The second-order valence-electron chi connectivity index (χ2n) is 1.99. The van der Waals surface area contributed by atoms with Crippen LogP contribution in [0.2, 0.25) is 0 Å². The molecular weight excluding hydrogens is 178 g/mol. The highest BCUT2D eigenvalue weighted by Crippen LogP contribution is 2.16. The van der Waals surface area contributed by atoms with Crippen molar-refractivity contribution in [2.24, 2.45) is 0 Å². The molecular formula is C7H6NO3S-. The molecule has 0 radical (unpaired) electrons. The molecule has 1 aromatic carbocycles. The Morgan fingerprint density at radius 1 is 1.42 bits per heavy atom. The number of para-hydroxylation sites is 1. The number of carbonyl (C=O) groups is 1. The molecule has 0 saturated heterocycles. The Labute approximate surface area is 71.9 Å². The lowest BCUT2D eigenvalue weighted by atomic mass is 10.3. The second-order valence-corrected chi connectivity index (χ2v) is 2.90. The molecule has 0 saturated carbocycles. The number of carbonyl (C=O) groups excluding carboxylic acids is 1. The Bertz CT molecular complexity index is 313. The molecule has 0 spiro atoms. The highest BCUT2D eigenvalue weighted by atomic mass is 32.2. The third-order valence-electron chi connectivity index (χ3n) is 1.28. The van der Waals surface area contributed by atoms with E-state index in [0.717, 1.165) is 0 Å². The van der Waals surface area contributed by atoms with Gasteiger partial charge in [-0.2, -0.15) is 0 Å². The van der Waals surface area contributed by atoms with E-state index in [1.54, 1.807) is 12.1 Å². The zero-order valence-corrected chi connectivity index (χ0v) is 6.84. The molecule has 12 heavy (non-hydrogen) atoms. The van der Waals surface area contributed by atoms with Gasteiger partial charge >= 0.3 is 0 Å². The van der Waals surface area contributed by atoms with Gasteiger partial charge in [0.25, 0.3) is 0 Å². The predicted octanol–water partition coefficient (Wildman–Crippen LogP) is 0.493. The molecule has 4 nitrogen and oxygen atoms in total. The Hall–Kier alpha value is -1.20. The minimum Gasteiger partial charge on any atom is -0.768 e. The van der Waals surface area contributed by atoms with E-state index in [0.29, 0.717) is 12.1 Å². The van der Waals surface area contributed by atoms with E-state index in [2.05, 4.69) is 5.32 Å². The van der Waals surface area contributed by atoms with Gasteiger partial charge in [0.15, 0.2) is 0 Å². The summed E-state index contributed by atoms with van der Waals surface area (Å²) in [7, 11) is 0. The molecule has 1 N–H and O–H groups in total. The van der Waals surface area contributed by atoms with Crippen LogP contribution < -0.4 is 5.32 Å². The summed E-state index contributed by atoms with van der Waals surface area (Å²) in [6.07, 6.45) is 0.436. The van der Waals surface area contributed by atoms with Crippen molar-refractivity contribution in [1.29, 1.82) is 0 Å². The van der Waals surface area contributed by atoms with E-state index in [1.165, 1.54) is 12.1 Å². The van der Waals surface area contributed by atoms with Gasteiger partial charge in [-0.1, -0.05) is 12.1 Å². The third-order valence-corrected chi connectivity index (χ3v) is 2.00. The first-order valence-electron chi connectivity index (χ1n) is 3.14. The molecule has 1 unspecified atom stereocenters. The lowest BCUT2D eigenvalue weighted by molar-refractivity contribution is -0.105. The van der Waals surface area contributed by atoms with Gasteiger partial charge in [-0.25, -0.2) is 0 Å². The van der Waals surface area contributed by atoms with Crippen LogP contribution >= 0.6 is 0 Å². The van der Waals surface area contributed by atoms with Gasteiger partial charge in [0.2, 0.25) is 6.41 Å². The summed E-state index contributed by atoms with van der Waals surface area (Å²) in [5.74, 6) is 0. The van der Waals surface area contributed by atoms with Crippen LogP contribution in [0.25, 0.3) is 0 Å². The summed E-state index contributed by atoms with van der Waals surface area (Å²) in [5, 5.41) is 2.28. The van der Waals surface area contributed by atoms with E-state index in [4.69, 9.17) is 0 Å². The lowest BCUT2D eigenvalue weighted by Gasteiger charge is -2.09. The maximum Gasteiger partial charge on any atom is 0.211 e. The van der Waals surface area contributed by atoms with Crippen molar-refractivity contribution in [3.63, 3.8) is 0 Å². The van der Waals surface area contributed by atoms with E-state index in [-0.39, 0.29) is 4.90 Å². The fourth-order valence-corrected chi connectivity index (χ4v) is 1.29. The summed E-state index contributed by atoms with van der Waals surface area (Å²) in [6, 6.07) is 6.15. The van der Waals surface area contributed by atoms with Gasteiger partial charge in [0.05, 0.1) is 5.69 Å². The van der Waals surface area contributed by atoms with E-state index in [1.807, 2.05) is 0 Å².